The quantitative estimate of drug-likeness (QED) is 0.121. The van der Waals surface area contributed by atoms with Crippen molar-refractivity contribution in [3.05, 3.63) is 164 Å². The molecule has 0 bridgehead atoms. The van der Waals surface area contributed by atoms with Gasteiger partial charge in [0.25, 0.3) is 0 Å². The van der Waals surface area contributed by atoms with Crippen molar-refractivity contribution in [1.29, 1.82) is 5.41 Å². The van der Waals surface area contributed by atoms with Crippen molar-refractivity contribution in [2.45, 2.75) is 6.92 Å². The predicted molar refractivity (Wildman–Crippen MR) is 187 cm³/mol. The molecule has 0 aliphatic rings. The van der Waals surface area contributed by atoms with Gasteiger partial charge in [0.2, 0.25) is 0 Å². The number of nitrogens with one attached hydrogen (secondary N) is 1. The molecule has 0 spiro atoms. The van der Waals surface area contributed by atoms with E-state index in [0.29, 0.717) is 5.71 Å². The van der Waals surface area contributed by atoms with Gasteiger partial charge in [-0.15, -0.1) is 0 Å². The molecule has 204 valence electrons. The van der Waals surface area contributed by atoms with Gasteiger partial charge in [-0.1, -0.05) is 158 Å². The van der Waals surface area contributed by atoms with Crippen molar-refractivity contribution in [1.82, 2.24) is 0 Å². The van der Waals surface area contributed by atoms with Gasteiger partial charge < -0.3 is 5.41 Å². The normalized spacial score (nSPS) is 11.7. The summed E-state index contributed by atoms with van der Waals surface area (Å²) in [5.41, 5.74) is 9.80. The van der Waals surface area contributed by atoms with Crippen LogP contribution in [0.5, 0.6) is 0 Å². The van der Waals surface area contributed by atoms with Crippen LogP contribution in [0.25, 0.3) is 71.3 Å². The lowest BCUT2D eigenvalue weighted by Gasteiger charge is -2.19. The average Bonchev–Trinajstić information content (AvgIpc) is 3.06. The Kier molecular flexibility index (Phi) is 6.77. The second-order valence-electron chi connectivity index (χ2n) is 10.9. The molecule has 0 atom stereocenters. The number of hydrogen-bond acceptors (Lipinski definition) is 1. The molecule has 1 N–H and O–H groups in total. The third-order valence-electron chi connectivity index (χ3n) is 8.38. The summed E-state index contributed by atoms with van der Waals surface area (Å²) in [7, 11) is 0. The summed E-state index contributed by atoms with van der Waals surface area (Å²) in [4.78, 5) is 0. The molecule has 7 rings (SSSR count). The Hall–Kier alpha value is -5.53. The molecule has 0 radical (unpaired) electrons. The van der Waals surface area contributed by atoms with E-state index >= 15 is 0 Å². The molecule has 1 heteroatoms. The number of allylic oxidation sites excluding steroid dienone is 3. The van der Waals surface area contributed by atoms with Crippen molar-refractivity contribution in [2.24, 2.45) is 0 Å². The Morgan fingerprint density at radius 3 is 1.53 bits per heavy atom. The van der Waals surface area contributed by atoms with Crippen molar-refractivity contribution in [3.8, 4) is 33.4 Å². The topological polar surface area (TPSA) is 23.9 Å². The molecule has 0 aliphatic heterocycles. The molecular weight excluding hydrogens is 518 g/mol. The molecule has 0 amide bonds. The highest BCUT2D eigenvalue weighted by Gasteiger charge is 2.18. The van der Waals surface area contributed by atoms with Crippen LogP contribution in [0, 0.1) is 5.41 Å². The Morgan fingerprint density at radius 1 is 0.488 bits per heavy atom. The van der Waals surface area contributed by atoms with E-state index in [2.05, 4.69) is 146 Å². The summed E-state index contributed by atoms with van der Waals surface area (Å²) < 4.78 is 0. The van der Waals surface area contributed by atoms with Crippen molar-refractivity contribution < 1.29 is 0 Å². The van der Waals surface area contributed by atoms with E-state index in [0.717, 1.165) is 16.7 Å². The number of benzene rings is 7. The first-order valence-electron chi connectivity index (χ1n) is 14.7. The van der Waals surface area contributed by atoms with Gasteiger partial charge in [-0.2, -0.15) is 0 Å². The minimum Gasteiger partial charge on any atom is -0.305 e. The molecule has 7 aromatic carbocycles. The molecule has 0 aliphatic carbocycles. The molecule has 7 aromatic rings. The monoisotopic (exact) mass is 549 g/mol. The lowest BCUT2D eigenvalue weighted by atomic mass is 9.84. The molecule has 0 heterocycles. The van der Waals surface area contributed by atoms with Crippen LogP contribution in [0.15, 0.2) is 158 Å². The lowest BCUT2D eigenvalue weighted by Crippen LogP contribution is -1.95. The van der Waals surface area contributed by atoms with Crippen LogP contribution in [0.3, 0.4) is 0 Å². The number of rotatable bonds is 6. The first kappa shape index (κ1) is 26.4. The molecule has 0 fully saturated rings. The van der Waals surface area contributed by atoms with Crippen LogP contribution < -0.4 is 0 Å². The van der Waals surface area contributed by atoms with Gasteiger partial charge in [-0.3, -0.25) is 0 Å². The second-order valence-corrected chi connectivity index (χ2v) is 10.9. The summed E-state index contributed by atoms with van der Waals surface area (Å²) in [5, 5.41) is 15.7. The summed E-state index contributed by atoms with van der Waals surface area (Å²) in [6.07, 6.45) is 3.65. The summed E-state index contributed by atoms with van der Waals surface area (Å²) in [5.74, 6) is 0. The first-order chi connectivity index (χ1) is 21.2. The second kappa shape index (κ2) is 11.0. The molecule has 43 heavy (non-hydrogen) atoms. The summed E-state index contributed by atoms with van der Waals surface area (Å²) in [6, 6.07) is 50.2. The minimum absolute atomic E-state index is 0.526. The Bertz CT molecular complexity index is 2140. The molecule has 0 unspecified atom stereocenters. The zero-order valence-electron chi connectivity index (χ0n) is 24.1. The first-order valence-corrected chi connectivity index (χ1v) is 14.7. The highest BCUT2D eigenvalue weighted by atomic mass is 14.4. The molecular formula is C42H31N. The van der Waals surface area contributed by atoms with Crippen molar-refractivity contribution >= 4 is 43.6 Å². The SMILES string of the molecule is C=C/C=C(\C(C)=N)c1ccc(-c2c3ccccc3c(-c3cccc4c(-c5ccccc5)cccc34)c3ccccc23)cc1. The standard InChI is InChI=1S/C42H31N/c1-3-13-32(28(2)43)30-24-26-31(27-25-30)41-37-16-7-9-18-39(37)42(40-19-10-8-17-38(40)41)36-23-12-21-34-33(20-11-22-35(34)36)29-14-5-4-6-15-29/h3-27,43H,1H2,2H3/b32-13+,43-28?. The minimum atomic E-state index is 0.526. The highest BCUT2D eigenvalue weighted by Crippen LogP contribution is 2.46. The Morgan fingerprint density at radius 2 is 0.977 bits per heavy atom. The van der Waals surface area contributed by atoms with E-state index in [1.54, 1.807) is 6.08 Å². The molecule has 0 saturated carbocycles. The smallest absolute Gasteiger partial charge is 0.0361 e. The molecule has 1 nitrogen and oxygen atoms in total. The fourth-order valence-electron chi connectivity index (χ4n) is 6.50. The van der Waals surface area contributed by atoms with Crippen molar-refractivity contribution in [2.75, 3.05) is 0 Å². The highest BCUT2D eigenvalue weighted by molar-refractivity contribution is 6.24. The van der Waals surface area contributed by atoms with E-state index in [1.807, 2.05) is 13.0 Å². The zero-order valence-corrected chi connectivity index (χ0v) is 24.1. The van der Waals surface area contributed by atoms with Gasteiger partial charge in [0.15, 0.2) is 0 Å². The lowest BCUT2D eigenvalue weighted by molar-refractivity contribution is 1.49. The maximum atomic E-state index is 8.23. The fraction of sp³-hybridized carbons (Fsp3) is 0.0238. The predicted octanol–water partition coefficient (Wildman–Crippen LogP) is 11.8. The van der Waals surface area contributed by atoms with Gasteiger partial charge in [0, 0.05) is 11.3 Å². The fourth-order valence-corrected chi connectivity index (χ4v) is 6.50. The van der Waals surface area contributed by atoms with E-state index < -0.39 is 0 Å². The Balaban J connectivity index is 1.51. The van der Waals surface area contributed by atoms with Gasteiger partial charge in [-0.25, -0.2) is 0 Å². The maximum absolute atomic E-state index is 8.23. The average molecular weight is 550 g/mol. The van der Waals surface area contributed by atoms with Crippen LogP contribution in [-0.4, -0.2) is 5.71 Å². The van der Waals surface area contributed by atoms with Crippen LogP contribution in [0.2, 0.25) is 0 Å². The van der Waals surface area contributed by atoms with Crippen molar-refractivity contribution in [3.63, 3.8) is 0 Å². The molecule has 0 saturated heterocycles. The third kappa shape index (κ3) is 4.56. The zero-order chi connectivity index (χ0) is 29.3. The van der Waals surface area contributed by atoms with E-state index in [9.17, 15) is 0 Å². The largest absolute Gasteiger partial charge is 0.305 e. The van der Waals surface area contributed by atoms with E-state index in [1.165, 1.54) is 60.1 Å². The number of fused-ring (bicyclic) bond motifs is 3. The maximum Gasteiger partial charge on any atom is 0.0361 e. The van der Waals surface area contributed by atoms with Crippen LogP contribution in [-0.2, 0) is 0 Å². The summed E-state index contributed by atoms with van der Waals surface area (Å²) >= 11 is 0. The van der Waals surface area contributed by atoms with Gasteiger partial charge >= 0.3 is 0 Å². The molecule has 0 aromatic heterocycles. The van der Waals surface area contributed by atoms with Gasteiger partial charge in [0.1, 0.15) is 0 Å². The summed E-state index contributed by atoms with van der Waals surface area (Å²) in [6.45, 7) is 5.66. The number of hydrogen-bond donors (Lipinski definition) is 1. The van der Waals surface area contributed by atoms with E-state index in [4.69, 9.17) is 5.41 Å². The van der Waals surface area contributed by atoms with Gasteiger partial charge in [-0.05, 0) is 78.2 Å². The van der Waals surface area contributed by atoms with Gasteiger partial charge in [0.05, 0.1) is 0 Å². The van der Waals surface area contributed by atoms with Crippen LogP contribution in [0.1, 0.15) is 12.5 Å². The van der Waals surface area contributed by atoms with Crippen LogP contribution >= 0.6 is 0 Å². The third-order valence-corrected chi connectivity index (χ3v) is 8.38. The Labute approximate surface area is 252 Å². The van der Waals surface area contributed by atoms with E-state index in [-0.39, 0.29) is 0 Å². The van der Waals surface area contributed by atoms with Crippen LogP contribution in [0.4, 0.5) is 0 Å².